The van der Waals surface area contributed by atoms with Crippen molar-refractivity contribution in [3.63, 3.8) is 0 Å². The highest BCUT2D eigenvalue weighted by molar-refractivity contribution is 7.93. The van der Waals surface area contributed by atoms with Gasteiger partial charge >= 0.3 is 4.34 Å². The van der Waals surface area contributed by atoms with Crippen LogP contribution >= 0.6 is 11.3 Å². The molecule has 1 unspecified atom stereocenters. The zero-order valence-electron chi connectivity index (χ0n) is 8.23. The van der Waals surface area contributed by atoms with E-state index in [0.29, 0.717) is 15.2 Å². The van der Waals surface area contributed by atoms with Crippen LogP contribution in [-0.4, -0.2) is 20.5 Å². The molecule has 0 aliphatic rings. The molecule has 0 aliphatic carbocycles. The Hall–Kier alpha value is -0.330. The maximum absolute atomic E-state index is 11.6. The minimum absolute atomic E-state index is 0.391. The first-order chi connectivity index (χ1) is 6.74. The summed E-state index contributed by atoms with van der Waals surface area (Å²) in [6.07, 6.45) is 4.52. The molecule has 0 aliphatic heterocycles. The maximum atomic E-state index is 11.6. The zero-order valence-corrected chi connectivity index (χ0v) is 9.87. The van der Waals surface area contributed by atoms with Gasteiger partial charge in [0.05, 0.1) is 0 Å². The summed E-state index contributed by atoms with van der Waals surface area (Å²) in [7, 11) is 0. The highest BCUT2D eigenvalue weighted by Crippen LogP contribution is 2.19. The van der Waals surface area contributed by atoms with Crippen molar-refractivity contribution in [3.8, 4) is 0 Å². The molecule has 0 saturated heterocycles. The highest BCUT2D eigenvalue weighted by atomic mass is 32.2. The smallest absolute Gasteiger partial charge is 0.323 e. The van der Waals surface area contributed by atoms with Crippen molar-refractivity contribution < 1.29 is 4.55 Å². The van der Waals surface area contributed by atoms with Crippen LogP contribution in [0.15, 0.2) is 4.34 Å². The van der Waals surface area contributed by atoms with Crippen molar-refractivity contribution in [3.05, 3.63) is 0 Å². The molecule has 0 spiro atoms. The van der Waals surface area contributed by atoms with Crippen LogP contribution < -0.4 is 5.73 Å². The molecule has 0 bridgehead atoms. The van der Waals surface area contributed by atoms with Gasteiger partial charge in [-0.15, -0.1) is 5.10 Å². The third kappa shape index (κ3) is 3.81. The number of rotatable bonds is 6. The van der Waals surface area contributed by atoms with Crippen molar-refractivity contribution in [1.29, 1.82) is 0 Å². The van der Waals surface area contributed by atoms with Crippen LogP contribution in [0.2, 0.25) is 0 Å². The topological polar surface area (TPSA) is 74.9 Å². The van der Waals surface area contributed by atoms with E-state index >= 15 is 0 Å². The van der Waals surface area contributed by atoms with Gasteiger partial charge in [0.1, 0.15) is 5.75 Å². The van der Waals surface area contributed by atoms with Gasteiger partial charge in [0, 0.05) is 11.2 Å². The predicted octanol–water partition coefficient (Wildman–Crippen LogP) is 1.81. The second-order valence-corrected chi connectivity index (χ2v) is 5.77. The van der Waals surface area contributed by atoms with E-state index < -0.39 is 11.2 Å². The summed E-state index contributed by atoms with van der Waals surface area (Å²) in [5, 5.41) is 7.78. The molecule has 0 amide bonds. The van der Waals surface area contributed by atoms with Gasteiger partial charge in [0.25, 0.3) is 0 Å². The van der Waals surface area contributed by atoms with Gasteiger partial charge in [-0.3, -0.25) is 0 Å². The summed E-state index contributed by atoms with van der Waals surface area (Å²) in [4.78, 5) is 0. The lowest BCUT2D eigenvalue weighted by Gasteiger charge is -2.04. The first-order valence-electron chi connectivity index (χ1n) is 4.71. The Bertz CT molecular complexity index is 267. The fourth-order valence-corrected chi connectivity index (χ4v) is 3.05. The van der Waals surface area contributed by atoms with Gasteiger partial charge < -0.3 is 10.3 Å². The molecule has 80 valence electrons. The quantitative estimate of drug-likeness (QED) is 0.600. The van der Waals surface area contributed by atoms with Crippen LogP contribution in [0.3, 0.4) is 0 Å². The van der Waals surface area contributed by atoms with E-state index in [-0.39, 0.29) is 0 Å². The molecule has 0 saturated carbocycles. The molecule has 1 atom stereocenters. The molecule has 0 aromatic carbocycles. The molecule has 1 rings (SSSR count). The van der Waals surface area contributed by atoms with Crippen LogP contribution in [0.5, 0.6) is 0 Å². The maximum Gasteiger partial charge on any atom is 0.323 e. The third-order valence-electron chi connectivity index (χ3n) is 1.80. The summed E-state index contributed by atoms with van der Waals surface area (Å²) in [5.41, 5.74) is 5.40. The van der Waals surface area contributed by atoms with Gasteiger partial charge in [-0.2, -0.15) is 0 Å². The standard InChI is InChI=1S/C8H15N3OS2/c1-2-3-4-5-6-14(12)8-11-10-7(9)13-8/h2-6H2,1H3,(H2,9,10). The average molecular weight is 233 g/mol. The number of aromatic nitrogens is 2. The Kier molecular flexibility index (Phi) is 5.21. The Labute approximate surface area is 91.1 Å². The molecule has 1 heterocycles. The Morgan fingerprint density at radius 2 is 2.14 bits per heavy atom. The average Bonchev–Trinajstić information content (AvgIpc) is 2.59. The van der Waals surface area contributed by atoms with E-state index in [1.165, 1.54) is 24.2 Å². The number of nitrogens with two attached hydrogens (primary N) is 1. The number of hydrogen-bond donors (Lipinski definition) is 1. The normalized spacial score (nSPS) is 13.0. The third-order valence-corrected chi connectivity index (χ3v) is 4.29. The van der Waals surface area contributed by atoms with Crippen molar-refractivity contribution in [1.82, 2.24) is 10.2 Å². The largest absolute Gasteiger partial charge is 0.610 e. The van der Waals surface area contributed by atoms with E-state index in [9.17, 15) is 4.55 Å². The second-order valence-electron chi connectivity index (χ2n) is 3.02. The highest BCUT2D eigenvalue weighted by Gasteiger charge is 2.15. The first kappa shape index (κ1) is 11.7. The lowest BCUT2D eigenvalue weighted by atomic mass is 10.2. The van der Waals surface area contributed by atoms with Gasteiger partial charge in [0.15, 0.2) is 0 Å². The van der Waals surface area contributed by atoms with Gasteiger partial charge in [-0.1, -0.05) is 24.9 Å². The second kappa shape index (κ2) is 6.21. The molecular weight excluding hydrogens is 218 g/mol. The molecule has 6 heteroatoms. The van der Waals surface area contributed by atoms with Crippen molar-refractivity contribution >= 4 is 27.6 Å². The van der Waals surface area contributed by atoms with Crippen LogP contribution in [-0.2, 0) is 11.2 Å². The van der Waals surface area contributed by atoms with Gasteiger partial charge in [-0.25, -0.2) is 0 Å². The molecule has 0 radical (unpaired) electrons. The monoisotopic (exact) mass is 233 g/mol. The molecule has 4 nitrogen and oxygen atoms in total. The fraction of sp³-hybridized carbons (Fsp3) is 0.750. The number of anilines is 1. The van der Waals surface area contributed by atoms with Crippen molar-refractivity contribution in [2.24, 2.45) is 0 Å². The lowest BCUT2D eigenvalue weighted by molar-refractivity contribution is 0.586. The summed E-state index contributed by atoms with van der Waals surface area (Å²) in [6, 6.07) is 0. The molecule has 1 aromatic heterocycles. The first-order valence-corrected chi connectivity index (χ1v) is 6.85. The molecule has 0 fully saturated rings. The lowest BCUT2D eigenvalue weighted by Crippen LogP contribution is -2.06. The van der Waals surface area contributed by atoms with Crippen LogP contribution in [0, 0.1) is 0 Å². The Balaban J connectivity index is 2.25. The van der Waals surface area contributed by atoms with E-state index in [4.69, 9.17) is 5.73 Å². The van der Waals surface area contributed by atoms with Gasteiger partial charge in [-0.05, 0) is 24.2 Å². The predicted molar refractivity (Wildman–Crippen MR) is 59.7 cm³/mol. The summed E-state index contributed by atoms with van der Waals surface area (Å²) >= 11 is 0.214. The van der Waals surface area contributed by atoms with E-state index in [0.717, 1.165) is 12.8 Å². The SMILES string of the molecule is CCCCCC[S+]([O-])c1nnc(N)s1. The zero-order chi connectivity index (χ0) is 10.4. The number of nitrogen functional groups attached to an aromatic ring is 1. The number of nitrogens with zero attached hydrogens (tertiary/aromatic N) is 2. The Morgan fingerprint density at radius 3 is 2.71 bits per heavy atom. The van der Waals surface area contributed by atoms with Crippen LogP contribution in [0.25, 0.3) is 0 Å². The minimum Gasteiger partial charge on any atom is -0.610 e. The fourth-order valence-electron chi connectivity index (χ4n) is 1.06. The van der Waals surface area contributed by atoms with Crippen LogP contribution in [0.4, 0.5) is 5.13 Å². The summed E-state index contributed by atoms with van der Waals surface area (Å²) < 4.78 is 12.1. The minimum atomic E-state index is -1.00. The molecule has 2 N–H and O–H groups in total. The number of unbranched alkanes of at least 4 members (excludes halogenated alkanes) is 3. The molecular formula is C8H15N3OS2. The van der Waals surface area contributed by atoms with Crippen molar-refractivity contribution in [2.45, 2.75) is 36.9 Å². The van der Waals surface area contributed by atoms with E-state index in [2.05, 4.69) is 17.1 Å². The van der Waals surface area contributed by atoms with Crippen molar-refractivity contribution in [2.75, 3.05) is 11.5 Å². The van der Waals surface area contributed by atoms with E-state index in [1.807, 2.05) is 0 Å². The summed E-state index contributed by atoms with van der Waals surface area (Å²) in [5.74, 6) is 0.675. The van der Waals surface area contributed by atoms with E-state index in [1.54, 1.807) is 0 Å². The number of hydrogen-bond acceptors (Lipinski definition) is 5. The Morgan fingerprint density at radius 1 is 1.36 bits per heavy atom. The van der Waals surface area contributed by atoms with Crippen LogP contribution in [0.1, 0.15) is 32.6 Å². The molecule has 14 heavy (non-hydrogen) atoms. The summed E-state index contributed by atoms with van der Waals surface area (Å²) in [6.45, 7) is 2.16. The molecule has 1 aromatic rings. The van der Waals surface area contributed by atoms with Gasteiger partial charge in [0.2, 0.25) is 5.13 Å².